The van der Waals surface area contributed by atoms with Gasteiger partial charge in [0.2, 0.25) is 0 Å². The first-order chi connectivity index (χ1) is 21.9. The number of carbonyl (C=O) groups excluding carboxylic acids is 1. The Kier molecular flexibility index (Phi) is 8.80. The molecule has 1 saturated heterocycles. The Balaban J connectivity index is 2.04. The van der Waals surface area contributed by atoms with Crippen molar-refractivity contribution in [3.63, 3.8) is 0 Å². The van der Waals surface area contributed by atoms with Crippen LogP contribution in [-0.2, 0) is 20.7 Å². The highest BCUT2D eigenvalue weighted by Crippen LogP contribution is 2.57. The van der Waals surface area contributed by atoms with E-state index in [0.29, 0.717) is 28.2 Å². The maximum Gasteiger partial charge on any atom is 0.471 e. The molecule has 4 aromatic rings. The third kappa shape index (κ3) is 5.23. The fourth-order valence-electron chi connectivity index (χ4n) is 6.25. The minimum absolute atomic E-state index is 0.305. The second-order valence-electron chi connectivity index (χ2n) is 10.5. The molecule has 3 aromatic carbocycles. The lowest BCUT2D eigenvalue weighted by Crippen LogP contribution is -2.69. The number of carbonyl (C=O) groups is 1. The average Bonchev–Trinajstić information content (AvgIpc) is 3.33. The fraction of sp³-hybridized carbons (Fsp3) is 0.281. The molecule has 14 heteroatoms. The minimum Gasteiger partial charge on any atom is -0.497 e. The molecule has 0 bridgehead atoms. The van der Waals surface area contributed by atoms with Gasteiger partial charge in [0.1, 0.15) is 29.7 Å². The summed E-state index contributed by atoms with van der Waals surface area (Å²) in [6.07, 6.45) is -8.05. The molecular weight excluding hydrogens is 611 g/mol. The van der Waals surface area contributed by atoms with E-state index in [9.17, 15) is 37.8 Å². The van der Waals surface area contributed by atoms with E-state index in [-0.39, 0.29) is 0 Å². The van der Waals surface area contributed by atoms with Gasteiger partial charge < -0.3 is 29.7 Å². The number of alkyl halides is 3. The van der Waals surface area contributed by atoms with Gasteiger partial charge in [0.15, 0.2) is 5.72 Å². The number of benzene rings is 3. The number of aliphatic hydroxyl groups is 2. The molecule has 242 valence electrons. The highest BCUT2D eigenvalue weighted by atomic mass is 19.4. The molecule has 1 fully saturated rings. The van der Waals surface area contributed by atoms with Crippen LogP contribution in [0.1, 0.15) is 16.7 Å². The van der Waals surface area contributed by atoms with Gasteiger partial charge in [-0.2, -0.15) is 13.2 Å². The molecule has 0 spiro atoms. The number of methoxy groups -OCH3 is 2. The van der Waals surface area contributed by atoms with E-state index in [1.165, 1.54) is 14.2 Å². The molecule has 11 nitrogen and oxygen atoms in total. The summed E-state index contributed by atoms with van der Waals surface area (Å²) in [4.78, 5) is 40.9. The molecule has 1 aromatic heterocycles. The third-order valence-corrected chi connectivity index (χ3v) is 8.17. The Morgan fingerprint density at radius 2 is 1.43 bits per heavy atom. The second kappa shape index (κ2) is 12.5. The van der Waals surface area contributed by atoms with Gasteiger partial charge >= 0.3 is 17.8 Å². The highest BCUT2D eigenvalue weighted by molar-refractivity contribution is 5.82. The molecule has 46 heavy (non-hydrogen) atoms. The van der Waals surface area contributed by atoms with Gasteiger partial charge in [0.25, 0.3) is 5.56 Å². The average molecular weight is 642 g/mol. The van der Waals surface area contributed by atoms with Crippen LogP contribution >= 0.6 is 0 Å². The molecule has 0 radical (unpaired) electrons. The Hall–Kier alpha value is -4.92. The molecule has 1 aliphatic rings. The van der Waals surface area contributed by atoms with Gasteiger partial charge in [-0.05, 0) is 41.0 Å². The van der Waals surface area contributed by atoms with Crippen molar-refractivity contribution in [3.8, 4) is 11.5 Å². The summed E-state index contributed by atoms with van der Waals surface area (Å²) in [5.74, 6) is -1.61. The maximum atomic E-state index is 13.9. The van der Waals surface area contributed by atoms with Gasteiger partial charge in [0, 0.05) is 12.3 Å². The van der Waals surface area contributed by atoms with Crippen LogP contribution in [0.4, 0.5) is 13.2 Å². The van der Waals surface area contributed by atoms with E-state index in [1.807, 2.05) is 5.32 Å². The van der Waals surface area contributed by atoms with E-state index < -0.39 is 59.3 Å². The van der Waals surface area contributed by atoms with Gasteiger partial charge in [-0.3, -0.25) is 19.1 Å². The summed E-state index contributed by atoms with van der Waals surface area (Å²) in [6.45, 7) is -0.921. The van der Waals surface area contributed by atoms with Crippen molar-refractivity contribution in [1.82, 2.24) is 14.9 Å². The maximum absolute atomic E-state index is 13.9. The molecule has 1 aliphatic heterocycles. The molecule has 0 unspecified atom stereocenters. The lowest BCUT2D eigenvalue weighted by molar-refractivity contribution is -0.182. The van der Waals surface area contributed by atoms with Crippen LogP contribution in [0.3, 0.4) is 0 Å². The number of hydrogen-bond acceptors (Lipinski definition) is 8. The number of nitrogens with zero attached hydrogens (tertiary/aromatic N) is 1. The Bertz CT molecular complexity index is 1750. The van der Waals surface area contributed by atoms with Crippen LogP contribution in [-0.4, -0.2) is 70.9 Å². The van der Waals surface area contributed by atoms with E-state index in [2.05, 4.69) is 4.98 Å². The van der Waals surface area contributed by atoms with Crippen molar-refractivity contribution in [2.24, 2.45) is 0 Å². The summed E-state index contributed by atoms with van der Waals surface area (Å²) in [5.41, 5.74) is -5.49. The van der Waals surface area contributed by atoms with Gasteiger partial charge in [-0.1, -0.05) is 54.6 Å². The van der Waals surface area contributed by atoms with E-state index in [4.69, 9.17) is 14.2 Å². The highest BCUT2D eigenvalue weighted by Gasteiger charge is 2.69. The molecule has 4 atom stereocenters. The normalized spacial score (nSPS) is 21.5. The number of aromatic nitrogens is 2. The SMILES string of the molecule is COc1ccc(C(c2ccccc2)(c2ccc(OC)cc2)[C@@]2(n3ccc(=O)[nH]c3=O)O[C@H](CO)[C@@H](O)[C@H]2NC(=O)C(F)(F)F)cc1. The van der Waals surface area contributed by atoms with Crippen molar-refractivity contribution in [2.75, 3.05) is 20.8 Å². The van der Waals surface area contributed by atoms with Crippen LogP contribution in [0.15, 0.2) is 101 Å². The zero-order chi connectivity index (χ0) is 33.3. The number of amides is 1. The number of hydrogen-bond donors (Lipinski definition) is 4. The second-order valence-corrected chi connectivity index (χ2v) is 10.5. The Morgan fingerprint density at radius 3 is 1.89 bits per heavy atom. The Morgan fingerprint density at radius 1 is 0.913 bits per heavy atom. The lowest BCUT2D eigenvalue weighted by Gasteiger charge is -2.52. The van der Waals surface area contributed by atoms with Gasteiger partial charge in [0.05, 0.1) is 26.2 Å². The molecule has 0 aliphatic carbocycles. The van der Waals surface area contributed by atoms with E-state index >= 15 is 0 Å². The Labute approximate surface area is 259 Å². The number of ether oxygens (including phenoxy) is 3. The summed E-state index contributed by atoms with van der Waals surface area (Å²) in [5, 5.41) is 23.8. The van der Waals surface area contributed by atoms with Gasteiger partial charge in [-0.25, -0.2) is 4.79 Å². The number of H-pyrrole nitrogens is 1. The van der Waals surface area contributed by atoms with Crippen molar-refractivity contribution in [2.45, 2.75) is 35.6 Å². The zero-order valence-corrected chi connectivity index (χ0v) is 24.5. The van der Waals surface area contributed by atoms with Crippen LogP contribution in [0.5, 0.6) is 11.5 Å². The van der Waals surface area contributed by atoms with Gasteiger partial charge in [-0.15, -0.1) is 0 Å². The summed E-state index contributed by atoms with van der Waals surface area (Å²) < 4.78 is 59.7. The van der Waals surface area contributed by atoms with Crippen molar-refractivity contribution < 1.29 is 42.4 Å². The first-order valence-electron chi connectivity index (χ1n) is 14.0. The fourth-order valence-corrected chi connectivity index (χ4v) is 6.25. The molecule has 5 rings (SSSR count). The van der Waals surface area contributed by atoms with Crippen molar-refractivity contribution in [3.05, 3.63) is 129 Å². The number of rotatable bonds is 9. The van der Waals surface area contributed by atoms with Crippen LogP contribution in [0.25, 0.3) is 0 Å². The monoisotopic (exact) mass is 641 g/mol. The molecule has 4 N–H and O–H groups in total. The number of nitrogens with one attached hydrogen (secondary N) is 2. The van der Waals surface area contributed by atoms with Crippen LogP contribution < -0.4 is 26.0 Å². The predicted octanol–water partition coefficient (Wildman–Crippen LogP) is 2.04. The standard InChI is InChI=1S/C32H30F3N3O8/c1-44-22-12-8-20(9-13-22)30(19-6-4-3-5-7-19,21-10-14-23(45-2)15-11-21)31(38-17-16-25(40)36-29(38)43)27(26(41)24(18-39)46-31)37-28(42)32(33,34)35/h3-17,24,26-27,39,41H,18H2,1-2H3,(H,37,42)(H,36,40,43)/t24-,26-,27-,31+/m1/s1. The van der Waals surface area contributed by atoms with Crippen LogP contribution in [0.2, 0.25) is 0 Å². The lowest BCUT2D eigenvalue weighted by atomic mass is 9.60. The number of halogens is 3. The first kappa shape index (κ1) is 32.5. The number of aromatic amines is 1. The molecule has 1 amide bonds. The summed E-state index contributed by atoms with van der Waals surface area (Å²) in [6, 6.07) is 19.9. The zero-order valence-electron chi connectivity index (χ0n) is 24.5. The van der Waals surface area contributed by atoms with Crippen LogP contribution in [0, 0.1) is 0 Å². The predicted molar refractivity (Wildman–Crippen MR) is 158 cm³/mol. The minimum atomic E-state index is -5.42. The summed E-state index contributed by atoms with van der Waals surface area (Å²) >= 11 is 0. The number of aliphatic hydroxyl groups excluding tert-OH is 2. The molecule has 0 saturated carbocycles. The molecule has 2 heterocycles. The largest absolute Gasteiger partial charge is 0.497 e. The van der Waals surface area contributed by atoms with Crippen molar-refractivity contribution >= 4 is 5.91 Å². The summed E-state index contributed by atoms with van der Waals surface area (Å²) in [7, 11) is 2.88. The quantitative estimate of drug-likeness (QED) is 0.203. The van der Waals surface area contributed by atoms with Crippen molar-refractivity contribution in [1.29, 1.82) is 0 Å². The van der Waals surface area contributed by atoms with E-state index in [1.54, 1.807) is 78.9 Å². The third-order valence-electron chi connectivity index (χ3n) is 8.17. The van der Waals surface area contributed by atoms with E-state index in [0.717, 1.165) is 16.8 Å². The first-order valence-corrected chi connectivity index (χ1v) is 14.0. The topological polar surface area (TPSA) is 152 Å². The molecular formula is C32H30F3N3O8. The smallest absolute Gasteiger partial charge is 0.471 e.